The van der Waals surface area contributed by atoms with E-state index in [0.717, 1.165) is 37.2 Å². The maximum atomic E-state index is 14.4. The maximum Gasteiger partial charge on any atom is 0.153 e. The lowest BCUT2D eigenvalue weighted by atomic mass is 10.1. The van der Waals surface area contributed by atoms with E-state index in [1.807, 2.05) is 17.0 Å². The van der Waals surface area contributed by atoms with Crippen molar-refractivity contribution in [3.63, 3.8) is 0 Å². The smallest absolute Gasteiger partial charge is 0.153 e. The van der Waals surface area contributed by atoms with Crippen LogP contribution >= 0.6 is 11.3 Å². The lowest BCUT2D eigenvalue weighted by molar-refractivity contribution is 0.122. The number of halogens is 1. The zero-order chi connectivity index (χ0) is 14.7. The van der Waals surface area contributed by atoms with E-state index in [-0.39, 0.29) is 5.82 Å². The Balaban J connectivity index is 1.88. The summed E-state index contributed by atoms with van der Waals surface area (Å²) in [5.41, 5.74) is 5.28. The van der Waals surface area contributed by atoms with Gasteiger partial charge >= 0.3 is 0 Å². The first-order valence-corrected chi connectivity index (χ1v) is 8.09. The van der Waals surface area contributed by atoms with Crippen molar-refractivity contribution >= 4 is 17.0 Å². The zero-order valence-corrected chi connectivity index (χ0v) is 12.9. The third kappa shape index (κ3) is 3.09. The van der Waals surface area contributed by atoms with Crippen LogP contribution in [0.3, 0.4) is 0 Å². The minimum atomic E-state index is -0.190. The van der Waals surface area contributed by atoms with Gasteiger partial charge in [0.1, 0.15) is 5.82 Å². The van der Waals surface area contributed by atoms with Crippen LogP contribution < -0.4 is 4.90 Å². The summed E-state index contributed by atoms with van der Waals surface area (Å²) in [6.07, 6.45) is 2.01. The van der Waals surface area contributed by atoms with E-state index < -0.39 is 0 Å². The number of ether oxygens (including phenoxy) is 1. The van der Waals surface area contributed by atoms with Crippen molar-refractivity contribution < 1.29 is 9.13 Å². The van der Waals surface area contributed by atoms with Crippen LogP contribution in [0, 0.1) is 11.3 Å². The van der Waals surface area contributed by atoms with Gasteiger partial charge in [0.05, 0.1) is 24.6 Å². The molecule has 0 bridgehead atoms. The van der Waals surface area contributed by atoms with Gasteiger partial charge in [0, 0.05) is 23.5 Å². The van der Waals surface area contributed by atoms with E-state index in [4.69, 9.17) is 4.74 Å². The molecule has 0 N–H and O–H groups in total. The minimum Gasteiger partial charge on any atom is -0.378 e. The Morgan fingerprint density at radius 1 is 1.38 bits per heavy atom. The summed E-state index contributed by atoms with van der Waals surface area (Å²) in [5.74, 6) is -0.190. The summed E-state index contributed by atoms with van der Waals surface area (Å²) in [4.78, 5) is 7.49. The first-order chi connectivity index (χ1) is 10.3. The number of nitrogens with zero attached hydrogens (tertiary/aromatic N) is 2. The van der Waals surface area contributed by atoms with Crippen LogP contribution in [-0.2, 0) is 11.2 Å². The molecule has 0 aliphatic carbocycles. The number of aryl methyl sites for hydroxylation is 1. The monoisotopic (exact) mass is 305 g/mol. The van der Waals surface area contributed by atoms with Crippen LogP contribution in [0.15, 0.2) is 18.2 Å². The van der Waals surface area contributed by atoms with Crippen molar-refractivity contribution in [3.05, 3.63) is 34.4 Å². The molecule has 0 atom stereocenters. The minimum absolute atomic E-state index is 0.190. The van der Waals surface area contributed by atoms with Gasteiger partial charge in [-0.15, -0.1) is 11.3 Å². The Morgan fingerprint density at radius 2 is 2.19 bits per heavy atom. The van der Waals surface area contributed by atoms with Crippen molar-refractivity contribution in [2.75, 3.05) is 31.2 Å². The summed E-state index contributed by atoms with van der Waals surface area (Å²) >= 11 is 1.52. The van der Waals surface area contributed by atoms with Crippen LogP contribution in [0.25, 0.3) is 11.3 Å². The van der Waals surface area contributed by atoms with Crippen molar-refractivity contribution in [3.8, 4) is 11.3 Å². The number of anilines is 1. The lowest BCUT2D eigenvalue weighted by Crippen LogP contribution is -2.36. The van der Waals surface area contributed by atoms with Gasteiger partial charge in [-0.2, -0.15) is 0 Å². The average molecular weight is 305 g/mol. The van der Waals surface area contributed by atoms with Gasteiger partial charge in [-0.05, 0) is 18.6 Å². The summed E-state index contributed by atoms with van der Waals surface area (Å²) in [6.45, 7) is 4.92. The molecule has 1 aliphatic rings. The number of hydrogen-bond donors (Lipinski definition) is 0. The van der Waals surface area contributed by atoms with E-state index in [2.05, 4.69) is 17.4 Å². The largest absolute Gasteiger partial charge is 0.378 e. The molecule has 111 valence electrons. The molecule has 1 aromatic carbocycles. The molecule has 2 heterocycles. The molecule has 1 radical (unpaired) electrons. The molecule has 0 saturated carbocycles. The third-order valence-corrected chi connectivity index (χ3v) is 4.47. The Bertz CT molecular complexity index is 608. The van der Waals surface area contributed by atoms with Crippen LogP contribution in [0.2, 0.25) is 0 Å². The molecular weight excluding hydrogens is 287 g/mol. The second-order valence-corrected chi connectivity index (χ2v) is 5.97. The standard InChI is InChI=1S/C16H18FN2OS/c1-2-3-15-16(18-11-21-15)12-4-5-14(13(17)10-12)19-6-8-20-9-7-19/h4-5,10H,2-3,6-9H2,1H3. The molecule has 0 spiro atoms. The van der Waals surface area contributed by atoms with E-state index in [9.17, 15) is 4.39 Å². The second-order valence-electron chi connectivity index (χ2n) is 5.09. The summed E-state index contributed by atoms with van der Waals surface area (Å²) in [5, 5.41) is 0. The fourth-order valence-electron chi connectivity index (χ4n) is 2.57. The molecule has 1 fully saturated rings. The van der Waals surface area contributed by atoms with E-state index in [1.165, 1.54) is 16.2 Å². The molecule has 3 nitrogen and oxygen atoms in total. The van der Waals surface area contributed by atoms with Crippen LogP contribution in [0.1, 0.15) is 18.2 Å². The van der Waals surface area contributed by atoms with Gasteiger partial charge in [0.2, 0.25) is 0 Å². The number of thiazole rings is 1. The molecule has 2 aromatic rings. The third-order valence-electron chi connectivity index (χ3n) is 3.64. The quantitative estimate of drug-likeness (QED) is 0.864. The van der Waals surface area contributed by atoms with Crippen molar-refractivity contribution in [2.24, 2.45) is 0 Å². The highest BCUT2D eigenvalue weighted by Gasteiger charge is 2.17. The SMILES string of the molecule is CCCc1s[c]nc1-c1ccc(N2CCOCC2)c(F)c1. The van der Waals surface area contributed by atoms with Crippen LogP contribution in [0.5, 0.6) is 0 Å². The molecule has 0 unspecified atom stereocenters. The zero-order valence-electron chi connectivity index (χ0n) is 12.1. The number of morpholine rings is 1. The van der Waals surface area contributed by atoms with Crippen molar-refractivity contribution in [1.82, 2.24) is 4.98 Å². The highest BCUT2D eigenvalue weighted by molar-refractivity contribution is 7.09. The fourth-order valence-corrected chi connectivity index (χ4v) is 3.38. The van der Waals surface area contributed by atoms with E-state index in [0.29, 0.717) is 18.9 Å². The molecule has 5 heteroatoms. The van der Waals surface area contributed by atoms with Crippen LogP contribution in [0.4, 0.5) is 10.1 Å². The molecular formula is C16H18FN2OS. The molecule has 1 aromatic heterocycles. The topological polar surface area (TPSA) is 25.4 Å². The van der Waals surface area contributed by atoms with Gasteiger partial charge in [0.25, 0.3) is 0 Å². The molecule has 0 amide bonds. The Morgan fingerprint density at radius 3 is 2.90 bits per heavy atom. The summed E-state index contributed by atoms with van der Waals surface area (Å²) in [7, 11) is 0. The van der Waals surface area contributed by atoms with Gasteiger partial charge in [-0.1, -0.05) is 19.4 Å². The Labute approximate surface area is 128 Å². The molecule has 3 rings (SSSR count). The summed E-state index contributed by atoms with van der Waals surface area (Å²) in [6, 6.07) is 5.40. The number of aromatic nitrogens is 1. The van der Waals surface area contributed by atoms with Gasteiger partial charge in [0.15, 0.2) is 5.51 Å². The van der Waals surface area contributed by atoms with Crippen LogP contribution in [-0.4, -0.2) is 31.3 Å². The first-order valence-electron chi connectivity index (χ1n) is 7.28. The predicted molar refractivity (Wildman–Crippen MR) is 83.4 cm³/mol. The molecule has 1 aliphatic heterocycles. The van der Waals surface area contributed by atoms with E-state index >= 15 is 0 Å². The maximum absolute atomic E-state index is 14.4. The molecule has 21 heavy (non-hydrogen) atoms. The normalized spacial score (nSPS) is 15.4. The first kappa shape index (κ1) is 14.5. The van der Waals surface area contributed by atoms with E-state index in [1.54, 1.807) is 6.07 Å². The Kier molecular flexibility index (Phi) is 4.51. The highest BCUT2D eigenvalue weighted by atomic mass is 32.1. The second kappa shape index (κ2) is 6.54. The lowest BCUT2D eigenvalue weighted by Gasteiger charge is -2.29. The molecule has 1 saturated heterocycles. The Hall–Kier alpha value is -1.46. The van der Waals surface area contributed by atoms with Crippen molar-refractivity contribution in [1.29, 1.82) is 0 Å². The number of benzene rings is 1. The van der Waals surface area contributed by atoms with Crippen molar-refractivity contribution in [2.45, 2.75) is 19.8 Å². The predicted octanol–water partition coefficient (Wildman–Crippen LogP) is 3.54. The van der Waals surface area contributed by atoms with Gasteiger partial charge in [-0.25, -0.2) is 9.37 Å². The number of hydrogen-bond acceptors (Lipinski definition) is 4. The summed E-state index contributed by atoms with van der Waals surface area (Å²) < 4.78 is 19.7. The van der Waals surface area contributed by atoms with Gasteiger partial charge < -0.3 is 9.64 Å². The van der Waals surface area contributed by atoms with Gasteiger partial charge in [-0.3, -0.25) is 0 Å². The fraction of sp³-hybridized carbons (Fsp3) is 0.438. The average Bonchev–Trinajstić information content (AvgIpc) is 2.97. The number of rotatable bonds is 4. The highest BCUT2D eigenvalue weighted by Crippen LogP contribution is 2.30.